The Labute approximate surface area is 171 Å². The summed E-state index contributed by atoms with van der Waals surface area (Å²) in [4.78, 5) is 35.8. The zero-order chi connectivity index (χ0) is 20.8. The molecule has 6 nitrogen and oxygen atoms in total. The van der Waals surface area contributed by atoms with Crippen molar-refractivity contribution >= 4 is 29.7 Å². The van der Waals surface area contributed by atoms with Crippen LogP contribution in [0, 0.1) is 0 Å². The van der Waals surface area contributed by atoms with Crippen LogP contribution >= 0.6 is 11.8 Å². The Balaban J connectivity index is 1.70. The van der Waals surface area contributed by atoms with Gasteiger partial charge in [-0.25, -0.2) is 14.0 Å². The van der Waals surface area contributed by atoms with Gasteiger partial charge in [-0.3, -0.25) is 4.79 Å². The average Bonchev–Trinajstić information content (AvgIpc) is 3.01. The number of thioether (sulfide) groups is 1. The van der Waals surface area contributed by atoms with E-state index in [1.165, 1.54) is 6.92 Å². The van der Waals surface area contributed by atoms with Gasteiger partial charge in [0.1, 0.15) is 6.61 Å². The lowest BCUT2D eigenvalue weighted by Crippen LogP contribution is -2.37. The molecule has 0 aromatic heterocycles. The van der Waals surface area contributed by atoms with Gasteiger partial charge in [-0.05, 0) is 24.3 Å². The Hall–Kier alpha value is -2.87. The summed E-state index contributed by atoms with van der Waals surface area (Å²) in [6, 6.07) is 16.5. The second-order valence-corrected chi connectivity index (χ2v) is 7.64. The largest absolute Gasteiger partial charge is 0.461 e. The predicted octanol–water partition coefficient (Wildman–Crippen LogP) is 3.41. The van der Waals surface area contributed by atoms with Crippen LogP contribution < -0.4 is 0 Å². The normalized spacial score (nSPS) is 23.2. The van der Waals surface area contributed by atoms with Gasteiger partial charge in [0.25, 0.3) is 0 Å². The van der Waals surface area contributed by atoms with Gasteiger partial charge >= 0.3 is 17.9 Å². The third-order valence-electron chi connectivity index (χ3n) is 4.17. The molecule has 8 heteroatoms. The number of carbonyl (C=O) groups is 3. The number of ether oxygens (including phenoxy) is 3. The molecule has 0 amide bonds. The van der Waals surface area contributed by atoms with Gasteiger partial charge in [-0.1, -0.05) is 36.4 Å². The van der Waals surface area contributed by atoms with E-state index in [9.17, 15) is 18.8 Å². The second kappa shape index (κ2) is 9.56. The minimum atomic E-state index is -1.75. The standard InChI is InChI=1S/C21H19FO6S/c1-13(23)27-21-17(22)18(28-20(25)15-10-6-3-7-11-15)16(29-21)12-26-19(24)14-8-4-2-5-9-14/h2-11,16-18,21H,12H2,1H3/t16-,17+,18-,21-/m1/s1. The number of esters is 3. The maximum Gasteiger partial charge on any atom is 0.338 e. The van der Waals surface area contributed by atoms with Gasteiger partial charge < -0.3 is 14.2 Å². The van der Waals surface area contributed by atoms with Crippen LogP contribution in [0.25, 0.3) is 0 Å². The van der Waals surface area contributed by atoms with Crippen LogP contribution in [-0.2, 0) is 19.0 Å². The molecule has 152 valence electrons. The minimum absolute atomic E-state index is 0.205. The lowest BCUT2D eigenvalue weighted by Gasteiger charge is -2.20. The Kier molecular flexibility index (Phi) is 6.87. The van der Waals surface area contributed by atoms with Crippen LogP contribution in [0.3, 0.4) is 0 Å². The maximum absolute atomic E-state index is 14.9. The summed E-state index contributed by atoms with van der Waals surface area (Å²) in [7, 11) is 0. The van der Waals surface area contributed by atoms with Crippen LogP contribution in [0.1, 0.15) is 27.6 Å². The van der Waals surface area contributed by atoms with Gasteiger partial charge in [-0.2, -0.15) is 0 Å². The van der Waals surface area contributed by atoms with Crippen LogP contribution in [0.15, 0.2) is 60.7 Å². The van der Waals surface area contributed by atoms with Crippen molar-refractivity contribution in [3.63, 3.8) is 0 Å². The monoisotopic (exact) mass is 418 g/mol. The minimum Gasteiger partial charge on any atom is -0.461 e. The number of hydrogen-bond acceptors (Lipinski definition) is 7. The zero-order valence-corrected chi connectivity index (χ0v) is 16.3. The quantitative estimate of drug-likeness (QED) is 0.525. The molecule has 1 aliphatic rings. The van der Waals surface area contributed by atoms with E-state index in [1.807, 2.05) is 0 Å². The first-order chi connectivity index (χ1) is 14.0. The highest BCUT2D eigenvalue weighted by molar-refractivity contribution is 8.00. The van der Waals surface area contributed by atoms with Gasteiger partial charge in [-0.15, -0.1) is 11.8 Å². The Morgan fingerprint density at radius 3 is 2.00 bits per heavy atom. The number of carbonyl (C=O) groups excluding carboxylic acids is 3. The Bertz CT molecular complexity index is 860. The van der Waals surface area contributed by atoms with E-state index >= 15 is 0 Å². The molecule has 0 spiro atoms. The fourth-order valence-corrected chi connectivity index (χ4v) is 4.15. The first-order valence-corrected chi connectivity index (χ1v) is 9.85. The lowest BCUT2D eigenvalue weighted by atomic mass is 10.1. The van der Waals surface area contributed by atoms with Crippen molar-refractivity contribution in [3.8, 4) is 0 Å². The summed E-state index contributed by atoms with van der Waals surface area (Å²) in [5.74, 6) is -1.94. The number of benzene rings is 2. The summed E-state index contributed by atoms with van der Waals surface area (Å²) in [6.07, 6.45) is -2.99. The Morgan fingerprint density at radius 2 is 1.45 bits per heavy atom. The molecule has 0 saturated carbocycles. The summed E-state index contributed by atoms with van der Waals surface area (Å²) in [5, 5.41) is -0.727. The van der Waals surface area contributed by atoms with Crippen LogP contribution in [0.5, 0.6) is 0 Å². The highest BCUT2D eigenvalue weighted by Gasteiger charge is 2.49. The van der Waals surface area contributed by atoms with Gasteiger partial charge in [0.15, 0.2) is 17.7 Å². The van der Waals surface area contributed by atoms with E-state index in [4.69, 9.17) is 14.2 Å². The molecule has 1 aliphatic heterocycles. The summed E-state index contributed by atoms with van der Waals surface area (Å²) >= 11 is 0.957. The number of alkyl halides is 1. The first kappa shape index (κ1) is 20.9. The molecule has 1 heterocycles. The van der Waals surface area contributed by atoms with E-state index in [2.05, 4.69) is 0 Å². The van der Waals surface area contributed by atoms with Crippen molar-refractivity contribution in [1.82, 2.24) is 0 Å². The topological polar surface area (TPSA) is 78.9 Å². The van der Waals surface area contributed by atoms with Crippen LogP contribution in [0.2, 0.25) is 0 Å². The Morgan fingerprint density at radius 1 is 0.897 bits per heavy atom. The van der Waals surface area contributed by atoms with Crippen molar-refractivity contribution in [2.24, 2.45) is 0 Å². The molecule has 4 atom stereocenters. The molecule has 0 aliphatic carbocycles. The van der Waals surface area contributed by atoms with Crippen molar-refractivity contribution < 1.29 is 33.0 Å². The smallest absolute Gasteiger partial charge is 0.338 e. The zero-order valence-electron chi connectivity index (χ0n) is 15.5. The fourth-order valence-electron chi connectivity index (χ4n) is 2.80. The van der Waals surface area contributed by atoms with E-state index in [-0.39, 0.29) is 12.2 Å². The highest BCUT2D eigenvalue weighted by atomic mass is 32.2. The highest BCUT2D eigenvalue weighted by Crippen LogP contribution is 2.39. The lowest BCUT2D eigenvalue weighted by molar-refractivity contribution is -0.145. The van der Waals surface area contributed by atoms with Gasteiger partial charge in [0, 0.05) is 6.92 Å². The molecule has 0 bridgehead atoms. The summed E-state index contributed by atoms with van der Waals surface area (Å²) < 4.78 is 30.5. The van der Waals surface area contributed by atoms with E-state index in [0.29, 0.717) is 5.56 Å². The van der Waals surface area contributed by atoms with Gasteiger partial charge in [0.2, 0.25) is 0 Å². The third kappa shape index (κ3) is 5.35. The SMILES string of the molecule is CC(=O)O[C@@H]1S[C@H](COC(=O)c2ccccc2)[C@@H](OC(=O)c2ccccc2)[C@@H]1F. The average molecular weight is 418 g/mol. The fraction of sp³-hybridized carbons (Fsp3) is 0.286. The number of hydrogen-bond donors (Lipinski definition) is 0. The van der Waals surface area contributed by atoms with Crippen molar-refractivity contribution in [3.05, 3.63) is 71.8 Å². The molecule has 2 aromatic rings. The summed E-state index contributed by atoms with van der Waals surface area (Å²) in [5.41, 5.74) is -0.538. The molecule has 0 unspecified atom stereocenters. The van der Waals surface area contributed by atoms with Crippen LogP contribution in [0.4, 0.5) is 4.39 Å². The molecule has 2 aromatic carbocycles. The maximum atomic E-state index is 14.9. The summed E-state index contributed by atoms with van der Waals surface area (Å²) in [6.45, 7) is 0.963. The second-order valence-electron chi connectivity index (χ2n) is 6.30. The molecule has 3 rings (SSSR count). The molecule has 1 saturated heterocycles. The van der Waals surface area contributed by atoms with Gasteiger partial charge in [0.05, 0.1) is 16.4 Å². The third-order valence-corrected chi connectivity index (χ3v) is 5.55. The molecule has 0 N–H and O–H groups in total. The first-order valence-electron chi connectivity index (χ1n) is 8.90. The van der Waals surface area contributed by atoms with Crippen LogP contribution in [-0.4, -0.2) is 47.5 Å². The molecular formula is C21H19FO6S. The molecule has 1 fully saturated rings. The number of halogens is 1. The van der Waals surface area contributed by atoms with Crippen molar-refractivity contribution in [2.45, 2.75) is 29.9 Å². The molecule has 29 heavy (non-hydrogen) atoms. The molecular weight excluding hydrogens is 399 g/mol. The van der Waals surface area contributed by atoms with Crippen molar-refractivity contribution in [2.75, 3.05) is 6.61 Å². The molecule has 0 radical (unpaired) electrons. The van der Waals surface area contributed by atoms with Crippen molar-refractivity contribution in [1.29, 1.82) is 0 Å². The predicted molar refractivity (Wildman–Crippen MR) is 104 cm³/mol. The number of rotatable bonds is 6. The van der Waals surface area contributed by atoms with E-state index in [1.54, 1.807) is 60.7 Å². The van der Waals surface area contributed by atoms with E-state index in [0.717, 1.165) is 11.8 Å². The van der Waals surface area contributed by atoms with E-state index < -0.39 is 40.9 Å².